The Morgan fingerprint density at radius 2 is 1.95 bits per heavy atom. The number of thiophene rings is 2. The smallest absolute Gasteiger partial charge is 0.236 e. The molecule has 1 N–H and O–H groups in total. The molecule has 0 aromatic carbocycles. The van der Waals surface area contributed by atoms with Crippen molar-refractivity contribution < 1.29 is 4.79 Å². The minimum absolute atomic E-state index is 0.232. The minimum Gasteiger partial charge on any atom is -0.342 e. The molecule has 1 atom stereocenters. The van der Waals surface area contributed by atoms with Gasteiger partial charge in [0.25, 0.3) is 0 Å². The van der Waals surface area contributed by atoms with E-state index in [-0.39, 0.29) is 11.9 Å². The number of carbonyl (C=O) groups excluding carboxylic acids is 1. The topological polar surface area (TPSA) is 32.3 Å². The van der Waals surface area contributed by atoms with Crippen LogP contribution in [0.15, 0.2) is 35.0 Å². The summed E-state index contributed by atoms with van der Waals surface area (Å²) in [5.74, 6) is 0.236. The summed E-state index contributed by atoms with van der Waals surface area (Å²) in [6.07, 6.45) is 3.25. The van der Waals surface area contributed by atoms with Crippen LogP contribution in [0.25, 0.3) is 0 Å². The average molecular weight is 320 g/mol. The van der Waals surface area contributed by atoms with E-state index in [1.807, 2.05) is 4.90 Å². The van der Waals surface area contributed by atoms with Gasteiger partial charge in [-0.2, -0.15) is 0 Å². The van der Waals surface area contributed by atoms with Gasteiger partial charge in [-0.25, -0.2) is 0 Å². The van der Waals surface area contributed by atoms with E-state index >= 15 is 0 Å². The molecule has 112 valence electrons. The van der Waals surface area contributed by atoms with Gasteiger partial charge >= 0.3 is 0 Å². The zero-order valence-corrected chi connectivity index (χ0v) is 13.6. The number of nitrogens with zero attached hydrogens (tertiary/aromatic N) is 1. The number of hydrogen-bond acceptors (Lipinski definition) is 4. The second kappa shape index (κ2) is 7.20. The summed E-state index contributed by atoms with van der Waals surface area (Å²) < 4.78 is 0. The van der Waals surface area contributed by atoms with Crippen molar-refractivity contribution in [2.24, 2.45) is 0 Å². The third-order valence-electron chi connectivity index (χ3n) is 3.83. The Morgan fingerprint density at radius 1 is 1.19 bits per heavy atom. The van der Waals surface area contributed by atoms with E-state index in [0.29, 0.717) is 6.54 Å². The Bertz CT molecular complexity index is 545. The van der Waals surface area contributed by atoms with E-state index < -0.39 is 0 Å². The van der Waals surface area contributed by atoms with Crippen LogP contribution in [-0.2, 0) is 11.2 Å². The molecular weight excluding hydrogens is 300 g/mol. The highest BCUT2D eigenvalue weighted by molar-refractivity contribution is 7.10. The van der Waals surface area contributed by atoms with Gasteiger partial charge in [-0.05, 0) is 35.7 Å². The number of amides is 1. The molecule has 1 fully saturated rings. The molecule has 1 aliphatic rings. The molecule has 0 aliphatic carbocycles. The maximum absolute atomic E-state index is 12.2. The molecule has 0 spiro atoms. The molecule has 21 heavy (non-hydrogen) atoms. The van der Waals surface area contributed by atoms with E-state index in [0.717, 1.165) is 32.4 Å². The fourth-order valence-corrected chi connectivity index (χ4v) is 4.24. The van der Waals surface area contributed by atoms with Crippen molar-refractivity contribution in [1.29, 1.82) is 0 Å². The largest absolute Gasteiger partial charge is 0.342 e. The van der Waals surface area contributed by atoms with Crippen LogP contribution in [0.4, 0.5) is 0 Å². The standard InChI is InChI=1S/C16H20N2OS2/c19-16(18-7-1-2-8-18)12-17-14(15-6-4-10-21-15)11-13-5-3-9-20-13/h3-6,9-10,14,17H,1-2,7-8,11-12H2. The lowest BCUT2D eigenvalue weighted by Gasteiger charge is -2.20. The van der Waals surface area contributed by atoms with E-state index in [9.17, 15) is 4.79 Å². The van der Waals surface area contributed by atoms with Gasteiger partial charge in [0.05, 0.1) is 6.54 Å². The molecule has 2 aromatic heterocycles. The fourth-order valence-electron chi connectivity index (χ4n) is 2.68. The van der Waals surface area contributed by atoms with Crippen molar-refractivity contribution in [3.63, 3.8) is 0 Å². The van der Waals surface area contributed by atoms with Crippen molar-refractivity contribution in [2.45, 2.75) is 25.3 Å². The summed E-state index contributed by atoms with van der Waals surface area (Å²) >= 11 is 3.53. The summed E-state index contributed by atoms with van der Waals surface area (Å²) in [4.78, 5) is 16.8. The van der Waals surface area contributed by atoms with E-state index in [1.54, 1.807) is 22.7 Å². The predicted octanol–water partition coefficient (Wildman–Crippen LogP) is 3.31. The van der Waals surface area contributed by atoms with Crippen LogP contribution in [0, 0.1) is 0 Å². The monoisotopic (exact) mass is 320 g/mol. The Kier molecular flexibility index (Phi) is 5.06. The zero-order chi connectivity index (χ0) is 14.5. The summed E-state index contributed by atoms with van der Waals surface area (Å²) in [5, 5.41) is 7.67. The zero-order valence-electron chi connectivity index (χ0n) is 12.0. The molecule has 3 heterocycles. The van der Waals surface area contributed by atoms with Crippen molar-refractivity contribution in [3.8, 4) is 0 Å². The SMILES string of the molecule is O=C(CNC(Cc1cccs1)c1cccs1)N1CCCC1. The third kappa shape index (κ3) is 3.93. The molecule has 3 rings (SSSR count). The molecule has 1 unspecified atom stereocenters. The lowest BCUT2D eigenvalue weighted by Crippen LogP contribution is -2.38. The summed E-state index contributed by atoms with van der Waals surface area (Å²) in [7, 11) is 0. The highest BCUT2D eigenvalue weighted by Crippen LogP contribution is 2.24. The van der Waals surface area contributed by atoms with Gasteiger partial charge < -0.3 is 10.2 Å². The first-order chi connectivity index (χ1) is 10.3. The first kappa shape index (κ1) is 14.8. The predicted molar refractivity (Wildman–Crippen MR) is 88.9 cm³/mol. The summed E-state index contributed by atoms with van der Waals surface area (Å²) in [6.45, 7) is 2.29. The van der Waals surface area contributed by atoms with Crippen molar-refractivity contribution >= 4 is 28.6 Å². The van der Waals surface area contributed by atoms with Crippen LogP contribution in [0.3, 0.4) is 0 Å². The van der Waals surface area contributed by atoms with E-state index in [4.69, 9.17) is 0 Å². The molecule has 1 saturated heterocycles. The Labute approximate surface area is 133 Å². The Balaban J connectivity index is 1.60. The van der Waals surface area contributed by atoms with Gasteiger partial charge in [-0.1, -0.05) is 12.1 Å². The molecule has 5 heteroatoms. The third-order valence-corrected chi connectivity index (χ3v) is 5.72. The first-order valence-corrected chi connectivity index (χ1v) is 9.16. The Morgan fingerprint density at radius 3 is 2.62 bits per heavy atom. The van der Waals surface area contributed by atoms with Gasteiger partial charge in [-0.15, -0.1) is 22.7 Å². The van der Waals surface area contributed by atoms with Gasteiger partial charge in [0.1, 0.15) is 0 Å². The highest BCUT2D eigenvalue weighted by Gasteiger charge is 2.20. The van der Waals surface area contributed by atoms with Crippen molar-refractivity contribution in [3.05, 3.63) is 44.8 Å². The molecule has 0 saturated carbocycles. The maximum atomic E-state index is 12.2. The van der Waals surface area contributed by atoms with Crippen LogP contribution in [0.2, 0.25) is 0 Å². The molecule has 0 radical (unpaired) electrons. The van der Waals surface area contributed by atoms with Crippen LogP contribution in [0.5, 0.6) is 0 Å². The summed E-state index contributed by atoms with van der Waals surface area (Å²) in [5.41, 5.74) is 0. The lowest BCUT2D eigenvalue weighted by atomic mass is 10.1. The quantitative estimate of drug-likeness (QED) is 0.885. The lowest BCUT2D eigenvalue weighted by molar-refractivity contribution is -0.129. The van der Waals surface area contributed by atoms with Gasteiger partial charge in [0.2, 0.25) is 5.91 Å². The Hall–Kier alpha value is -1.17. The number of likely N-dealkylation sites (tertiary alicyclic amines) is 1. The van der Waals surface area contributed by atoms with Gasteiger partial charge in [-0.3, -0.25) is 4.79 Å². The van der Waals surface area contributed by atoms with E-state index in [1.165, 1.54) is 9.75 Å². The highest BCUT2D eigenvalue weighted by atomic mass is 32.1. The number of nitrogens with one attached hydrogen (secondary N) is 1. The molecule has 1 amide bonds. The van der Waals surface area contributed by atoms with Crippen LogP contribution >= 0.6 is 22.7 Å². The maximum Gasteiger partial charge on any atom is 0.236 e. The van der Waals surface area contributed by atoms with Gasteiger partial charge in [0.15, 0.2) is 0 Å². The van der Waals surface area contributed by atoms with Crippen molar-refractivity contribution in [2.75, 3.05) is 19.6 Å². The van der Waals surface area contributed by atoms with Crippen LogP contribution in [-0.4, -0.2) is 30.4 Å². The minimum atomic E-state index is 0.232. The van der Waals surface area contributed by atoms with E-state index in [2.05, 4.69) is 40.3 Å². The first-order valence-electron chi connectivity index (χ1n) is 7.40. The molecule has 0 bridgehead atoms. The molecule has 3 nitrogen and oxygen atoms in total. The number of carbonyl (C=O) groups is 1. The molecule has 2 aromatic rings. The number of rotatable bonds is 6. The second-order valence-electron chi connectivity index (χ2n) is 5.32. The van der Waals surface area contributed by atoms with Crippen molar-refractivity contribution in [1.82, 2.24) is 10.2 Å². The summed E-state index contributed by atoms with van der Waals surface area (Å²) in [6, 6.07) is 8.70. The normalized spacial score (nSPS) is 16.3. The average Bonchev–Trinajstić information content (AvgIpc) is 3.26. The van der Waals surface area contributed by atoms with Crippen LogP contribution in [0.1, 0.15) is 28.6 Å². The molecular formula is C16H20N2OS2. The second-order valence-corrected chi connectivity index (χ2v) is 7.33. The fraction of sp³-hybridized carbons (Fsp3) is 0.438. The number of hydrogen-bond donors (Lipinski definition) is 1. The van der Waals surface area contributed by atoms with Crippen LogP contribution < -0.4 is 5.32 Å². The molecule has 1 aliphatic heterocycles. The van der Waals surface area contributed by atoms with Gasteiger partial charge in [0, 0.05) is 35.3 Å².